The topological polar surface area (TPSA) is 78.9 Å². The third-order valence-corrected chi connectivity index (χ3v) is 3.48. The fourth-order valence-corrected chi connectivity index (χ4v) is 1.98. The molecule has 122 valence electrons. The molecule has 2 amide bonds. The zero-order valence-corrected chi connectivity index (χ0v) is 11.9. The van der Waals surface area contributed by atoms with E-state index in [1.54, 1.807) is 5.32 Å². The maximum atomic E-state index is 12.8. The van der Waals surface area contributed by atoms with E-state index in [0.29, 0.717) is 20.1 Å². The number of carboxylic acids is 1. The van der Waals surface area contributed by atoms with Gasteiger partial charge >= 0.3 is 18.2 Å². The molecule has 0 bridgehead atoms. The van der Waals surface area contributed by atoms with Crippen molar-refractivity contribution < 1.29 is 32.6 Å². The fraction of sp³-hybridized carbons (Fsp3) is 0.833. The second-order valence-electron chi connectivity index (χ2n) is 5.32. The Morgan fingerprint density at radius 3 is 2.48 bits per heavy atom. The van der Waals surface area contributed by atoms with E-state index in [4.69, 9.17) is 9.84 Å². The zero-order valence-electron chi connectivity index (χ0n) is 11.9. The first-order valence-corrected chi connectivity index (χ1v) is 6.49. The van der Waals surface area contributed by atoms with Gasteiger partial charge in [0.15, 0.2) is 0 Å². The van der Waals surface area contributed by atoms with Crippen molar-refractivity contribution in [2.24, 2.45) is 5.92 Å². The highest BCUT2D eigenvalue weighted by Crippen LogP contribution is 2.30. The van der Waals surface area contributed by atoms with Gasteiger partial charge in [-0.2, -0.15) is 13.2 Å². The first-order valence-electron chi connectivity index (χ1n) is 6.49. The molecular weight excluding hydrogens is 293 g/mol. The molecule has 6 nitrogen and oxygen atoms in total. The van der Waals surface area contributed by atoms with Gasteiger partial charge in [0.25, 0.3) is 0 Å². The summed E-state index contributed by atoms with van der Waals surface area (Å²) in [5, 5.41) is 10.3. The lowest BCUT2D eigenvalue weighted by atomic mass is 10.0. The summed E-state index contributed by atoms with van der Waals surface area (Å²) in [5.74, 6) is -2.12. The summed E-state index contributed by atoms with van der Waals surface area (Å²) in [6.45, 7) is 1.70. The first-order chi connectivity index (χ1) is 9.58. The number of hydrogen-bond acceptors (Lipinski definition) is 3. The Morgan fingerprint density at radius 2 is 2.05 bits per heavy atom. The number of aliphatic carboxylic acids is 1. The molecule has 9 heteroatoms. The highest BCUT2D eigenvalue weighted by atomic mass is 19.4. The van der Waals surface area contributed by atoms with E-state index in [-0.39, 0.29) is 12.5 Å². The Balaban J connectivity index is 2.66. The van der Waals surface area contributed by atoms with Crippen molar-refractivity contribution >= 4 is 12.0 Å². The number of urea groups is 1. The van der Waals surface area contributed by atoms with Crippen LogP contribution in [0.2, 0.25) is 0 Å². The Morgan fingerprint density at radius 1 is 1.43 bits per heavy atom. The number of ether oxygens (including phenoxy) is 1. The number of alkyl halides is 3. The lowest BCUT2D eigenvalue weighted by Crippen LogP contribution is -2.64. The van der Waals surface area contributed by atoms with E-state index in [9.17, 15) is 22.8 Å². The van der Waals surface area contributed by atoms with Crippen LogP contribution in [0.5, 0.6) is 0 Å². The molecule has 1 fully saturated rings. The Bertz CT molecular complexity index is 396. The van der Waals surface area contributed by atoms with Gasteiger partial charge in [0, 0.05) is 26.1 Å². The molecule has 1 aliphatic rings. The van der Waals surface area contributed by atoms with Gasteiger partial charge in [-0.3, -0.25) is 0 Å². The molecule has 1 heterocycles. The van der Waals surface area contributed by atoms with Gasteiger partial charge in [0.1, 0.15) is 0 Å². The van der Waals surface area contributed by atoms with Gasteiger partial charge in [-0.25, -0.2) is 9.59 Å². The minimum Gasteiger partial charge on any atom is -0.479 e. The third-order valence-electron chi connectivity index (χ3n) is 3.48. The average Bonchev–Trinajstić information content (AvgIpc) is 2.38. The van der Waals surface area contributed by atoms with Crippen LogP contribution in [0.3, 0.4) is 0 Å². The van der Waals surface area contributed by atoms with Gasteiger partial charge < -0.3 is 20.1 Å². The summed E-state index contributed by atoms with van der Waals surface area (Å²) in [5.41, 5.74) is -3.32. The second kappa shape index (κ2) is 6.50. The monoisotopic (exact) mass is 312 g/mol. The van der Waals surface area contributed by atoms with E-state index in [0.717, 1.165) is 17.7 Å². The van der Waals surface area contributed by atoms with Gasteiger partial charge in [0.2, 0.25) is 5.54 Å². The maximum Gasteiger partial charge on any atom is 0.422 e. The standard InChI is InChI=1S/C12H19F3N2O4/c1-11(9(18)19,12(13,14)15)16-10(20)17(2)6-8-4-3-5-21-7-8/h8H,3-7H2,1-2H3,(H,16,20)(H,18,19). The quantitative estimate of drug-likeness (QED) is 0.824. The summed E-state index contributed by atoms with van der Waals surface area (Å²) in [6, 6.07) is -1.08. The summed E-state index contributed by atoms with van der Waals surface area (Å²) >= 11 is 0. The van der Waals surface area contributed by atoms with Crippen LogP contribution in [0.1, 0.15) is 19.8 Å². The summed E-state index contributed by atoms with van der Waals surface area (Å²) < 4.78 is 43.6. The molecule has 2 unspecified atom stereocenters. The molecule has 0 spiro atoms. The molecule has 1 saturated heterocycles. The van der Waals surface area contributed by atoms with Crippen molar-refractivity contribution in [1.82, 2.24) is 10.2 Å². The van der Waals surface area contributed by atoms with E-state index in [1.165, 1.54) is 7.05 Å². The number of hydrogen-bond donors (Lipinski definition) is 2. The number of nitrogens with zero attached hydrogens (tertiary/aromatic N) is 1. The average molecular weight is 312 g/mol. The van der Waals surface area contributed by atoms with Gasteiger partial charge in [0.05, 0.1) is 6.61 Å². The minimum absolute atomic E-state index is 0.0384. The Labute approximate surface area is 120 Å². The predicted octanol–water partition coefficient (Wildman–Crippen LogP) is 1.46. The number of nitrogens with one attached hydrogen (secondary N) is 1. The van der Waals surface area contributed by atoms with Crippen molar-refractivity contribution in [1.29, 1.82) is 0 Å². The van der Waals surface area contributed by atoms with Crippen LogP contribution in [0.15, 0.2) is 0 Å². The Hall–Kier alpha value is -1.51. The van der Waals surface area contributed by atoms with Crippen molar-refractivity contribution in [2.75, 3.05) is 26.8 Å². The largest absolute Gasteiger partial charge is 0.479 e. The molecule has 0 aliphatic carbocycles. The maximum absolute atomic E-state index is 12.8. The SMILES string of the molecule is CN(CC1CCCOC1)C(=O)NC(C)(C(=O)O)C(F)(F)F. The normalized spacial score (nSPS) is 22.2. The van der Waals surface area contributed by atoms with E-state index in [1.807, 2.05) is 0 Å². The summed E-state index contributed by atoms with van der Waals surface area (Å²) in [6.07, 6.45) is -3.45. The molecule has 1 rings (SSSR count). The summed E-state index contributed by atoms with van der Waals surface area (Å²) in [7, 11) is 1.32. The molecule has 2 N–H and O–H groups in total. The van der Waals surface area contributed by atoms with Crippen LogP contribution in [0.4, 0.5) is 18.0 Å². The van der Waals surface area contributed by atoms with Gasteiger partial charge in [-0.15, -0.1) is 0 Å². The number of amides is 2. The molecule has 1 aliphatic heterocycles. The smallest absolute Gasteiger partial charge is 0.422 e. The number of halogens is 3. The molecule has 0 aromatic carbocycles. The van der Waals surface area contributed by atoms with Crippen LogP contribution < -0.4 is 5.32 Å². The van der Waals surface area contributed by atoms with Crippen molar-refractivity contribution in [3.05, 3.63) is 0 Å². The highest BCUT2D eigenvalue weighted by Gasteiger charge is 2.58. The summed E-state index contributed by atoms with van der Waals surface area (Å²) in [4.78, 5) is 23.7. The fourth-order valence-electron chi connectivity index (χ4n) is 1.98. The third kappa shape index (κ3) is 4.23. The number of rotatable bonds is 4. The number of carbonyl (C=O) groups excluding carboxylic acids is 1. The zero-order chi connectivity index (χ0) is 16.3. The van der Waals surface area contributed by atoms with Crippen LogP contribution in [-0.4, -0.2) is 60.5 Å². The predicted molar refractivity (Wildman–Crippen MR) is 66.8 cm³/mol. The lowest BCUT2D eigenvalue weighted by molar-refractivity contribution is -0.203. The van der Waals surface area contributed by atoms with Crippen LogP contribution in [-0.2, 0) is 9.53 Å². The van der Waals surface area contributed by atoms with Crippen molar-refractivity contribution in [3.8, 4) is 0 Å². The van der Waals surface area contributed by atoms with Crippen LogP contribution in [0, 0.1) is 5.92 Å². The van der Waals surface area contributed by atoms with Gasteiger partial charge in [-0.05, 0) is 19.8 Å². The van der Waals surface area contributed by atoms with Crippen LogP contribution in [0.25, 0.3) is 0 Å². The Kier molecular flexibility index (Phi) is 5.43. The van der Waals surface area contributed by atoms with Crippen molar-refractivity contribution in [2.45, 2.75) is 31.5 Å². The lowest BCUT2D eigenvalue weighted by Gasteiger charge is -2.32. The van der Waals surface area contributed by atoms with E-state index in [2.05, 4.69) is 0 Å². The molecular formula is C12H19F3N2O4. The van der Waals surface area contributed by atoms with Crippen LogP contribution >= 0.6 is 0 Å². The van der Waals surface area contributed by atoms with E-state index < -0.39 is 23.7 Å². The minimum atomic E-state index is -5.09. The second-order valence-corrected chi connectivity index (χ2v) is 5.32. The van der Waals surface area contributed by atoms with Gasteiger partial charge in [-0.1, -0.05) is 0 Å². The first kappa shape index (κ1) is 17.5. The molecule has 0 aromatic heterocycles. The molecule has 21 heavy (non-hydrogen) atoms. The molecule has 0 aromatic rings. The van der Waals surface area contributed by atoms with Crippen molar-refractivity contribution in [3.63, 3.8) is 0 Å². The molecule has 0 radical (unpaired) electrons. The van der Waals surface area contributed by atoms with E-state index >= 15 is 0 Å². The number of carboxylic acid groups (broad SMARTS) is 1. The molecule has 0 saturated carbocycles. The highest BCUT2D eigenvalue weighted by molar-refractivity contribution is 5.86. The molecule has 2 atom stereocenters. The number of carbonyl (C=O) groups is 2.